The molecule has 1 amide bonds. The zero-order valence-corrected chi connectivity index (χ0v) is 16.3. The van der Waals surface area contributed by atoms with E-state index in [1.807, 2.05) is 43.3 Å². The summed E-state index contributed by atoms with van der Waals surface area (Å²) >= 11 is 0. The number of hydrogen-bond donors (Lipinski definition) is 2. The lowest BCUT2D eigenvalue weighted by atomic mass is 10.0. The lowest BCUT2D eigenvalue weighted by Crippen LogP contribution is -2.32. The van der Waals surface area contributed by atoms with Gasteiger partial charge in [0.1, 0.15) is 6.61 Å². The zero-order valence-electron chi connectivity index (χ0n) is 16.3. The zero-order chi connectivity index (χ0) is 20.7. The Morgan fingerprint density at radius 1 is 1.18 bits per heavy atom. The Bertz CT molecular complexity index is 850. The summed E-state index contributed by atoms with van der Waals surface area (Å²) in [5, 5.41) is 1.45. The van der Waals surface area contributed by atoms with Gasteiger partial charge in [0.2, 0.25) is 5.91 Å². The molecule has 2 aromatic carbocycles. The molecule has 0 saturated carbocycles. The van der Waals surface area contributed by atoms with Gasteiger partial charge in [-0.05, 0) is 35.8 Å². The minimum absolute atomic E-state index is 0.0765. The topological polar surface area (TPSA) is 102 Å². The van der Waals surface area contributed by atoms with Crippen molar-refractivity contribution in [1.82, 2.24) is 4.90 Å². The Morgan fingerprint density at radius 2 is 1.86 bits per heavy atom. The molecule has 0 aliphatic rings. The molecule has 7 heteroatoms. The first-order valence-corrected chi connectivity index (χ1v) is 8.79. The summed E-state index contributed by atoms with van der Waals surface area (Å²) < 4.78 is 4.92. The SMILES string of the molecule is Cc1c(/C=C/C(=O)N(C)C(COC=O)c2ccccc2)ccc(N(C)N)c1N. The van der Waals surface area contributed by atoms with E-state index in [-0.39, 0.29) is 18.6 Å². The molecule has 28 heavy (non-hydrogen) atoms. The van der Waals surface area contributed by atoms with Crippen LogP contribution in [0.3, 0.4) is 0 Å². The van der Waals surface area contributed by atoms with Gasteiger partial charge in [0.25, 0.3) is 6.47 Å². The van der Waals surface area contributed by atoms with Gasteiger partial charge in [-0.15, -0.1) is 0 Å². The van der Waals surface area contributed by atoms with Crippen molar-refractivity contribution in [2.75, 3.05) is 31.4 Å². The molecule has 0 aliphatic carbocycles. The van der Waals surface area contributed by atoms with Crippen molar-refractivity contribution in [2.45, 2.75) is 13.0 Å². The normalized spacial score (nSPS) is 11.9. The van der Waals surface area contributed by atoms with Gasteiger partial charge in [0.05, 0.1) is 17.4 Å². The number of benzene rings is 2. The van der Waals surface area contributed by atoms with Gasteiger partial charge in [-0.3, -0.25) is 9.59 Å². The molecule has 148 valence electrons. The second kappa shape index (κ2) is 9.57. The van der Waals surface area contributed by atoms with E-state index in [0.717, 1.165) is 16.7 Å². The van der Waals surface area contributed by atoms with Crippen molar-refractivity contribution in [3.05, 3.63) is 65.2 Å². The number of anilines is 2. The molecule has 1 unspecified atom stereocenters. The van der Waals surface area contributed by atoms with Crippen LogP contribution in [0.15, 0.2) is 48.5 Å². The molecule has 2 aromatic rings. The summed E-state index contributed by atoms with van der Waals surface area (Å²) in [4.78, 5) is 24.9. The van der Waals surface area contributed by atoms with E-state index in [1.54, 1.807) is 26.2 Å². The maximum Gasteiger partial charge on any atom is 0.293 e. The first-order chi connectivity index (χ1) is 13.4. The van der Waals surface area contributed by atoms with Crippen LogP contribution < -0.4 is 16.6 Å². The Hall–Kier alpha value is -3.32. The second-order valence-corrected chi connectivity index (χ2v) is 6.46. The molecule has 0 heterocycles. The smallest absolute Gasteiger partial charge is 0.293 e. The molecule has 0 radical (unpaired) electrons. The van der Waals surface area contributed by atoms with E-state index in [2.05, 4.69) is 0 Å². The number of carbonyl (C=O) groups is 2. The highest BCUT2D eigenvalue weighted by molar-refractivity contribution is 5.92. The number of carbonyl (C=O) groups excluding carboxylic acids is 2. The monoisotopic (exact) mass is 382 g/mol. The van der Waals surface area contributed by atoms with E-state index in [0.29, 0.717) is 17.8 Å². The molecule has 0 saturated heterocycles. The van der Waals surface area contributed by atoms with E-state index in [1.165, 1.54) is 16.0 Å². The summed E-state index contributed by atoms with van der Waals surface area (Å²) in [6.45, 7) is 2.33. The highest BCUT2D eigenvalue weighted by Crippen LogP contribution is 2.28. The first kappa shape index (κ1) is 21.0. The van der Waals surface area contributed by atoms with Gasteiger partial charge < -0.3 is 20.4 Å². The fraction of sp³-hybridized carbons (Fsp3) is 0.238. The van der Waals surface area contributed by atoms with Crippen molar-refractivity contribution >= 4 is 29.8 Å². The fourth-order valence-electron chi connectivity index (χ4n) is 2.89. The number of nitrogens with zero attached hydrogens (tertiary/aromatic N) is 2. The van der Waals surface area contributed by atoms with Gasteiger partial charge >= 0.3 is 0 Å². The summed E-state index contributed by atoms with van der Waals surface area (Å²) in [6.07, 6.45) is 3.19. The molecule has 0 bridgehead atoms. The van der Waals surface area contributed by atoms with Crippen molar-refractivity contribution in [3.63, 3.8) is 0 Å². The molecular formula is C21H26N4O3. The lowest BCUT2D eigenvalue weighted by molar-refractivity contribution is -0.135. The summed E-state index contributed by atoms with van der Waals surface area (Å²) in [5.74, 6) is 5.54. The minimum atomic E-state index is -0.386. The van der Waals surface area contributed by atoms with Gasteiger partial charge in [-0.25, -0.2) is 5.84 Å². The van der Waals surface area contributed by atoms with Crippen LogP contribution in [-0.4, -0.2) is 38.0 Å². The van der Waals surface area contributed by atoms with E-state index >= 15 is 0 Å². The van der Waals surface area contributed by atoms with E-state index in [9.17, 15) is 9.59 Å². The van der Waals surface area contributed by atoms with Gasteiger partial charge in [0, 0.05) is 20.2 Å². The molecule has 0 fully saturated rings. The predicted molar refractivity (Wildman–Crippen MR) is 111 cm³/mol. The van der Waals surface area contributed by atoms with Crippen LogP contribution in [0.25, 0.3) is 6.08 Å². The van der Waals surface area contributed by atoms with Crippen LogP contribution >= 0.6 is 0 Å². The summed E-state index contributed by atoms with van der Waals surface area (Å²) in [7, 11) is 3.39. The highest BCUT2D eigenvalue weighted by atomic mass is 16.5. The van der Waals surface area contributed by atoms with Gasteiger partial charge in [-0.2, -0.15) is 0 Å². The minimum Gasteiger partial charge on any atom is -0.465 e. The number of hydrazine groups is 1. The third kappa shape index (κ3) is 4.89. The average Bonchev–Trinajstić information content (AvgIpc) is 2.69. The van der Waals surface area contributed by atoms with Crippen LogP contribution in [0.2, 0.25) is 0 Å². The molecule has 0 spiro atoms. The van der Waals surface area contributed by atoms with Crippen molar-refractivity contribution in [1.29, 1.82) is 0 Å². The second-order valence-electron chi connectivity index (χ2n) is 6.46. The number of nitrogens with two attached hydrogens (primary N) is 2. The maximum absolute atomic E-state index is 12.7. The predicted octanol–water partition coefficient (Wildman–Crippen LogP) is 2.27. The van der Waals surface area contributed by atoms with E-state index in [4.69, 9.17) is 16.3 Å². The summed E-state index contributed by atoms with van der Waals surface area (Å²) in [5.41, 5.74) is 9.95. The molecule has 2 rings (SSSR count). The Labute approximate surface area is 165 Å². The number of ether oxygens (including phenoxy) is 1. The summed E-state index contributed by atoms with van der Waals surface area (Å²) in [6, 6.07) is 12.7. The Morgan fingerprint density at radius 3 is 2.46 bits per heavy atom. The number of rotatable bonds is 8. The van der Waals surface area contributed by atoms with Crippen molar-refractivity contribution in [2.24, 2.45) is 5.84 Å². The third-order valence-corrected chi connectivity index (χ3v) is 4.64. The molecule has 1 atom stereocenters. The Kier molecular flexibility index (Phi) is 7.17. The first-order valence-electron chi connectivity index (χ1n) is 8.79. The van der Waals surface area contributed by atoms with Crippen LogP contribution in [-0.2, 0) is 14.3 Å². The van der Waals surface area contributed by atoms with Crippen LogP contribution in [0.4, 0.5) is 11.4 Å². The van der Waals surface area contributed by atoms with Crippen molar-refractivity contribution in [3.8, 4) is 0 Å². The molecular weight excluding hydrogens is 356 g/mol. The standard InChI is InChI=1S/C21H26N4O3/c1-15-16(9-11-18(21(15)22)25(3)23)10-12-20(27)24(2)19(13-28-14-26)17-7-5-4-6-8-17/h4-12,14,19H,13,22-23H2,1-3H3/b12-10+. The molecule has 7 nitrogen and oxygen atoms in total. The maximum atomic E-state index is 12.7. The van der Waals surface area contributed by atoms with Gasteiger partial charge in [-0.1, -0.05) is 36.4 Å². The number of hydrogen-bond acceptors (Lipinski definition) is 6. The van der Waals surface area contributed by atoms with Crippen LogP contribution in [0.5, 0.6) is 0 Å². The average molecular weight is 382 g/mol. The van der Waals surface area contributed by atoms with Crippen molar-refractivity contribution < 1.29 is 14.3 Å². The third-order valence-electron chi connectivity index (χ3n) is 4.64. The molecule has 0 aromatic heterocycles. The Balaban J connectivity index is 2.22. The lowest BCUT2D eigenvalue weighted by Gasteiger charge is -2.27. The van der Waals surface area contributed by atoms with Gasteiger partial charge in [0.15, 0.2) is 0 Å². The number of amides is 1. The van der Waals surface area contributed by atoms with Crippen LogP contribution in [0.1, 0.15) is 22.7 Å². The molecule has 0 aliphatic heterocycles. The van der Waals surface area contributed by atoms with E-state index < -0.39 is 0 Å². The fourth-order valence-corrected chi connectivity index (χ4v) is 2.89. The highest BCUT2D eigenvalue weighted by Gasteiger charge is 2.21. The quantitative estimate of drug-likeness (QED) is 0.239. The number of likely N-dealkylation sites (N-methyl/N-ethyl adjacent to an activating group) is 1. The number of nitrogen functional groups attached to an aromatic ring is 1. The van der Waals surface area contributed by atoms with Crippen LogP contribution in [0, 0.1) is 6.92 Å². The largest absolute Gasteiger partial charge is 0.465 e. The molecule has 4 N–H and O–H groups in total.